The highest BCUT2D eigenvalue weighted by atomic mass is 16.5. The minimum absolute atomic E-state index is 0.218. The second kappa shape index (κ2) is 4.89. The lowest BCUT2D eigenvalue weighted by Crippen LogP contribution is -2.51. The van der Waals surface area contributed by atoms with Crippen molar-refractivity contribution in [3.63, 3.8) is 0 Å². The van der Waals surface area contributed by atoms with E-state index in [0.717, 1.165) is 32.2 Å². The third-order valence-corrected chi connectivity index (χ3v) is 3.19. The average molecular weight is 199 g/mol. The van der Waals surface area contributed by atoms with Gasteiger partial charge in [0.15, 0.2) is 0 Å². The summed E-state index contributed by atoms with van der Waals surface area (Å²) in [6, 6.07) is 0.538. The molecule has 0 spiro atoms. The third-order valence-electron chi connectivity index (χ3n) is 3.19. The molecule has 0 aromatic carbocycles. The van der Waals surface area contributed by atoms with Gasteiger partial charge < -0.3 is 9.53 Å². The number of ether oxygens (including phenoxy) is 1. The lowest BCUT2D eigenvalue weighted by atomic mass is 9.89. The summed E-state index contributed by atoms with van der Waals surface area (Å²) in [5.74, 6) is 0. The van der Waals surface area contributed by atoms with Crippen LogP contribution >= 0.6 is 0 Å². The molecule has 1 rings (SSSR count). The Morgan fingerprint density at radius 1 is 1.57 bits per heavy atom. The number of nitrogens with zero attached hydrogens (tertiary/aromatic N) is 1. The molecule has 1 heterocycles. The van der Waals surface area contributed by atoms with Crippen LogP contribution in [0, 0.1) is 0 Å². The van der Waals surface area contributed by atoms with E-state index < -0.39 is 0 Å². The standard InChI is InChI=1S/C11H21NO2/c1-10(2)12-7-4-5-11(9-12,14-3)6-8-13/h8,10H,4-7,9H2,1-3H3. The Labute approximate surface area is 86.4 Å². The van der Waals surface area contributed by atoms with Gasteiger partial charge in [-0.2, -0.15) is 0 Å². The molecule has 3 nitrogen and oxygen atoms in total. The number of hydrogen-bond donors (Lipinski definition) is 0. The summed E-state index contributed by atoms with van der Waals surface area (Å²) in [6.45, 7) is 6.39. The quantitative estimate of drug-likeness (QED) is 0.642. The van der Waals surface area contributed by atoms with Gasteiger partial charge in [0, 0.05) is 26.1 Å². The fraction of sp³-hybridized carbons (Fsp3) is 0.909. The predicted molar refractivity (Wildman–Crippen MR) is 56.4 cm³/mol. The van der Waals surface area contributed by atoms with Crippen molar-refractivity contribution in [2.75, 3.05) is 20.2 Å². The first-order chi connectivity index (χ1) is 6.63. The van der Waals surface area contributed by atoms with Crippen LogP contribution in [0.3, 0.4) is 0 Å². The van der Waals surface area contributed by atoms with Gasteiger partial charge in [-0.25, -0.2) is 0 Å². The van der Waals surface area contributed by atoms with Crippen LogP contribution in [-0.4, -0.2) is 43.0 Å². The molecule has 3 heteroatoms. The predicted octanol–water partition coefficient (Wildman–Crippen LogP) is 1.46. The number of hydrogen-bond acceptors (Lipinski definition) is 3. The fourth-order valence-electron chi connectivity index (χ4n) is 2.14. The Morgan fingerprint density at radius 3 is 2.79 bits per heavy atom. The maximum atomic E-state index is 10.6. The van der Waals surface area contributed by atoms with E-state index in [1.165, 1.54) is 0 Å². The molecule has 0 N–H and O–H groups in total. The van der Waals surface area contributed by atoms with Crippen molar-refractivity contribution in [2.24, 2.45) is 0 Å². The van der Waals surface area contributed by atoms with E-state index in [9.17, 15) is 4.79 Å². The van der Waals surface area contributed by atoms with Gasteiger partial charge in [-0.05, 0) is 33.2 Å². The monoisotopic (exact) mass is 199 g/mol. The van der Waals surface area contributed by atoms with Crippen LogP contribution in [-0.2, 0) is 9.53 Å². The summed E-state index contributed by atoms with van der Waals surface area (Å²) in [7, 11) is 1.72. The van der Waals surface area contributed by atoms with Crippen LogP contribution in [0.5, 0.6) is 0 Å². The Balaban J connectivity index is 2.63. The molecular formula is C11H21NO2. The van der Waals surface area contributed by atoms with Gasteiger partial charge in [0.05, 0.1) is 5.60 Å². The van der Waals surface area contributed by atoms with Crippen LogP contribution < -0.4 is 0 Å². The molecular weight excluding hydrogens is 178 g/mol. The summed E-state index contributed by atoms with van der Waals surface area (Å²) in [5, 5.41) is 0. The Hall–Kier alpha value is -0.410. The first-order valence-corrected chi connectivity index (χ1v) is 5.36. The van der Waals surface area contributed by atoms with Gasteiger partial charge >= 0.3 is 0 Å². The number of carbonyl (C=O) groups excluding carboxylic acids is 1. The minimum atomic E-state index is -0.218. The molecule has 0 saturated carbocycles. The number of rotatable bonds is 4. The molecule has 1 saturated heterocycles. The lowest BCUT2D eigenvalue weighted by molar-refractivity contribution is -0.119. The molecule has 0 aliphatic carbocycles. The summed E-state index contributed by atoms with van der Waals surface area (Å²) in [6.07, 6.45) is 3.63. The van der Waals surface area contributed by atoms with E-state index in [1.807, 2.05) is 0 Å². The van der Waals surface area contributed by atoms with Gasteiger partial charge in [-0.15, -0.1) is 0 Å². The first kappa shape index (κ1) is 11.7. The summed E-state index contributed by atoms with van der Waals surface area (Å²) >= 11 is 0. The molecule has 1 fully saturated rings. The number of aldehydes is 1. The van der Waals surface area contributed by atoms with Gasteiger partial charge in [-0.3, -0.25) is 4.90 Å². The van der Waals surface area contributed by atoms with Crippen LogP contribution in [0.25, 0.3) is 0 Å². The highest BCUT2D eigenvalue weighted by Crippen LogP contribution is 2.28. The maximum Gasteiger partial charge on any atom is 0.122 e. The normalized spacial score (nSPS) is 29.4. The first-order valence-electron chi connectivity index (χ1n) is 5.36. The summed E-state index contributed by atoms with van der Waals surface area (Å²) < 4.78 is 5.53. The molecule has 1 unspecified atom stereocenters. The Bertz CT molecular complexity index is 194. The highest BCUT2D eigenvalue weighted by Gasteiger charge is 2.35. The molecule has 0 amide bonds. The topological polar surface area (TPSA) is 29.5 Å². The molecule has 82 valence electrons. The molecule has 0 aromatic rings. The van der Waals surface area contributed by atoms with E-state index in [0.29, 0.717) is 12.5 Å². The van der Waals surface area contributed by atoms with Crippen LogP contribution in [0.4, 0.5) is 0 Å². The van der Waals surface area contributed by atoms with Crippen molar-refractivity contribution < 1.29 is 9.53 Å². The van der Waals surface area contributed by atoms with Crippen LogP contribution in [0.2, 0.25) is 0 Å². The maximum absolute atomic E-state index is 10.6. The van der Waals surface area contributed by atoms with Gasteiger partial charge in [0.25, 0.3) is 0 Å². The molecule has 0 radical (unpaired) electrons. The zero-order valence-electron chi connectivity index (χ0n) is 9.45. The number of likely N-dealkylation sites (tertiary alicyclic amines) is 1. The van der Waals surface area contributed by atoms with Gasteiger partial charge in [-0.1, -0.05) is 0 Å². The van der Waals surface area contributed by atoms with Crippen molar-refractivity contribution >= 4 is 6.29 Å². The zero-order valence-corrected chi connectivity index (χ0v) is 9.45. The molecule has 1 aliphatic heterocycles. The molecule has 1 atom stereocenters. The van der Waals surface area contributed by atoms with Gasteiger partial charge in [0.2, 0.25) is 0 Å². The van der Waals surface area contributed by atoms with Crippen molar-refractivity contribution in [1.29, 1.82) is 0 Å². The van der Waals surface area contributed by atoms with Crippen molar-refractivity contribution in [3.05, 3.63) is 0 Å². The molecule has 0 bridgehead atoms. The van der Waals surface area contributed by atoms with Crippen LogP contribution in [0.15, 0.2) is 0 Å². The average Bonchev–Trinajstić information content (AvgIpc) is 2.18. The SMILES string of the molecule is COC1(CC=O)CCCN(C(C)C)C1. The Kier molecular flexibility index (Phi) is 4.08. The minimum Gasteiger partial charge on any atom is -0.376 e. The Morgan fingerprint density at radius 2 is 2.29 bits per heavy atom. The third kappa shape index (κ3) is 2.55. The second-order valence-electron chi connectivity index (χ2n) is 4.43. The second-order valence-corrected chi connectivity index (χ2v) is 4.43. The lowest BCUT2D eigenvalue weighted by Gasteiger charge is -2.42. The largest absolute Gasteiger partial charge is 0.376 e. The van der Waals surface area contributed by atoms with Crippen molar-refractivity contribution in [1.82, 2.24) is 4.90 Å². The zero-order chi connectivity index (χ0) is 10.6. The summed E-state index contributed by atoms with van der Waals surface area (Å²) in [5.41, 5.74) is -0.218. The van der Waals surface area contributed by atoms with Crippen molar-refractivity contribution in [3.8, 4) is 0 Å². The summed E-state index contributed by atoms with van der Waals surface area (Å²) in [4.78, 5) is 13.0. The molecule has 1 aliphatic rings. The van der Waals surface area contributed by atoms with Crippen molar-refractivity contribution in [2.45, 2.75) is 44.8 Å². The van der Waals surface area contributed by atoms with E-state index in [-0.39, 0.29) is 5.60 Å². The number of methoxy groups -OCH3 is 1. The van der Waals surface area contributed by atoms with E-state index in [4.69, 9.17) is 4.74 Å². The van der Waals surface area contributed by atoms with E-state index in [1.54, 1.807) is 7.11 Å². The fourth-order valence-corrected chi connectivity index (χ4v) is 2.14. The van der Waals surface area contributed by atoms with Crippen LogP contribution in [0.1, 0.15) is 33.1 Å². The van der Waals surface area contributed by atoms with E-state index >= 15 is 0 Å². The smallest absolute Gasteiger partial charge is 0.122 e. The molecule has 0 aromatic heterocycles. The number of piperidine rings is 1. The number of carbonyl (C=O) groups is 1. The molecule has 14 heavy (non-hydrogen) atoms. The van der Waals surface area contributed by atoms with Gasteiger partial charge in [0.1, 0.15) is 6.29 Å². The highest BCUT2D eigenvalue weighted by molar-refractivity contribution is 5.51. The van der Waals surface area contributed by atoms with E-state index in [2.05, 4.69) is 18.7 Å².